The molecule has 4 aliphatic rings. The molecule has 3 saturated heterocycles. The average molecular weight is 181 g/mol. The van der Waals surface area contributed by atoms with Gasteiger partial charge in [-0.15, -0.1) is 0 Å². The third-order valence-electron chi connectivity index (χ3n) is 4.07. The summed E-state index contributed by atoms with van der Waals surface area (Å²) in [5.74, 6) is 1.17. The van der Waals surface area contributed by atoms with Gasteiger partial charge in [-0.25, -0.2) is 0 Å². The molecule has 3 aliphatic heterocycles. The first-order valence-corrected chi connectivity index (χ1v) is 5.19. The molecule has 0 aromatic carbocycles. The molecule has 4 fully saturated rings. The Labute approximate surface area is 77.7 Å². The smallest absolute Gasteiger partial charge is 0.307 e. The van der Waals surface area contributed by atoms with E-state index in [4.69, 9.17) is 5.11 Å². The van der Waals surface area contributed by atoms with Crippen molar-refractivity contribution in [3.05, 3.63) is 0 Å². The monoisotopic (exact) mass is 181 g/mol. The van der Waals surface area contributed by atoms with Crippen molar-refractivity contribution < 1.29 is 9.90 Å². The quantitative estimate of drug-likeness (QED) is 0.646. The molecule has 0 radical (unpaired) electrons. The third kappa shape index (κ3) is 1.03. The highest BCUT2D eigenvalue weighted by molar-refractivity contribution is 5.71. The first-order chi connectivity index (χ1) is 6.24. The lowest BCUT2D eigenvalue weighted by atomic mass is 9.62. The summed E-state index contributed by atoms with van der Waals surface area (Å²) in [6.07, 6.45) is 2.34. The number of carbonyl (C=O) groups is 1. The molecule has 0 aromatic rings. The maximum Gasteiger partial charge on any atom is 0.307 e. The van der Waals surface area contributed by atoms with Gasteiger partial charge in [-0.1, -0.05) is 0 Å². The number of rotatable bonds is 1. The molecule has 4 bridgehead atoms. The van der Waals surface area contributed by atoms with Crippen molar-refractivity contribution in [2.24, 2.45) is 23.7 Å². The van der Waals surface area contributed by atoms with Crippen LogP contribution in [0.4, 0.5) is 0 Å². The summed E-state index contributed by atoms with van der Waals surface area (Å²) in [5, 5.41) is 9.13. The zero-order chi connectivity index (χ0) is 9.00. The van der Waals surface area contributed by atoms with Crippen molar-refractivity contribution in [3.8, 4) is 0 Å². The first kappa shape index (κ1) is 7.80. The van der Waals surface area contributed by atoms with Crippen LogP contribution in [-0.2, 0) is 4.79 Å². The minimum Gasteiger partial charge on any atom is -0.481 e. The highest BCUT2D eigenvalue weighted by Gasteiger charge is 2.50. The minimum absolute atomic E-state index is 0.0206. The number of hydrogen-bond acceptors (Lipinski definition) is 2. The first-order valence-electron chi connectivity index (χ1n) is 5.19. The fourth-order valence-corrected chi connectivity index (χ4v) is 3.81. The summed E-state index contributed by atoms with van der Waals surface area (Å²) in [5.41, 5.74) is 0. The van der Waals surface area contributed by atoms with Crippen LogP contribution in [0.3, 0.4) is 0 Å². The van der Waals surface area contributed by atoms with Crippen LogP contribution < -0.4 is 0 Å². The molecule has 3 nitrogen and oxygen atoms in total. The summed E-state index contributed by atoms with van der Waals surface area (Å²) in [6, 6.07) is 0. The van der Waals surface area contributed by atoms with E-state index >= 15 is 0 Å². The summed E-state index contributed by atoms with van der Waals surface area (Å²) >= 11 is 0. The van der Waals surface area contributed by atoms with Crippen LogP contribution in [0.1, 0.15) is 12.8 Å². The molecule has 3 heteroatoms. The van der Waals surface area contributed by atoms with E-state index in [0.29, 0.717) is 11.8 Å². The molecule has 13 heavy (non-hydrogen) atoms. The number of nitrogens with zero attached hydrogens (tertiary/aromatic N) is 1. The fourth-order valence-electron chi connectivity index (χ4n) is 3.81. The topological polar surface area (TPSA) is 40.5 Å². The number of carboxylic acids is 1. The maximum atomic E-state index is 11.1. The van der Waals surface area contributed by atoms with E-state index in [1.807, 2.05) is 0 Å². The Balaban J connectivity index is 1.89. The van der Waals surface area contributed by atoms with E-state index in [0.717, 1.165) is 19.0 Å². The van der Waals surface area contributed by atoms with Crippen LogP contribution in [0.5, 0.6) is 0 Å². The van der Waals surface area contributed by atoms with Gasteiger partial charge in [0.05, 0.1) is 5.92 Å². The van der Waals surface area contributed by atoms with Crippen LogP contribution >= 0.6 is 0 Å². The van der Waals surface area contributed by atoms with E-state index in [1.165, 1.54) is 19.4 Å². The highest BCUT2D eigenvalue weighted by Crippen LogP contribution is 2.46. The van der Waals surface area contributed by atoms with E-state index in [1.54, 1.807) is 0 Å². The van der Waals surface area contributed by atoms with E-state index < -0.39 is 5.97 Å². The molecule has 2 unspecified atom stereocenters. The van der Waals surface area contributed by atoms with Crippen LogP contribution in [0.25, 0.3) is 0 Å². The minimum atomic E-state index is -0.546. The Hall–Kier alpha value is -0.570. The summed E-state index contributed by atoms with van der Waals surface area (Å²) < 4.78 is 0. The average Bonchev–Trinajstić information content (AvgIpc) is 2.00. The number of carboxylic acid groups (broad SMARTS) is 1. The van der Waals surface area contributed by atoms with Crippen molar-refractivity contribution in [1.29, 1.82) is 0 Å². The van der Waals surface area contributed by atoms with Gasteiger partial charge in [-0.3, -0.25) is 4.79 Å². The summed E-state index contributed by atoms with van der Waals surface area (Å²) in [7, 11) is 0. The molecular weight excluding hydrogens is 166 g/mol. The SMILES string of the molecule is O=C(O)C1C2CC3CC1CN(C3)C2. The van der Waals surface area contributed by atoms with Crippen molar-refractivity contribution in [2.45, 2.75) is 12.8 Å². The Morgan fingerprint density at radius 1 is 1.15 bits per heavy atom. The molecule has 0 aromatic heterocycles. The fraction of sp³-hybridized carbons (Fsp3) is 0.900. The largest absolute Gasteiger partial charge is 0.481 e. The lowest BCUT2D eigenvalue weighted by Gasteiger charge is -2.54. The molecule has 0 spiro atoms. The van der Waals surface area contributed by atoms with Crippen molar-refractivity contribution in [1.82, 2.24) is 4.90 Å². The summed E-state index contributed by atoms with van der Waals surface area (Å²) in [6.45, 7) is 3.33. The van der Waals surface area contributed by atoms with Gasteiger partial charge in [-0.05, 0) is 30.6 Å². The predicted molar refractivity (Wildman–Crippen MR) is 47.3 cm³/mol. The molecule has 4 rings (SSSR count). The summed E-state index contributed by atoms with van der Waals surface area (Å²) in [4.78, 5) is 13.5. The molecule has 1 N–H and O–H groups in total. The van der Waals surface area contributed by atoms with Gasteiger partial charge in [-0.2, -0.15) is 0 Å². The van der Waals surface area contributed by atoms with Crippen LogP contribution in [-0.4, -0.2) is 35.6 Å². The van der Waals surface area contributed by atoms with Gasteiger partial charge in [0.1, 0.15) is 0 Å². The van der Waals surface area contributed by atoms with Crippen LogP contribution in [0, 0.1) is 23.7 Å². The van der Waals surface area contributed by atoms with Crippen molar-refractivity contribution in [2.75, 3.05) is 19.6 Å². The van der Waals surface area contributed by atoms with E-state index in [9.17, 15) is 4.79 Å². The second kappa shape index (κ2) is 2.47. The molecule has 2 atom stereocenters. The number of piperidine rings is 3. The van der Waals surface area contributed by atoms with Gasteiger partial charge in [0.25, 0.3) is 0 Å². The zero-order valence-corrected chi connectivity index (χ0v) is 7.65. The highest BCUT2D eigenvalue weighted by atomic mass is 16.4. The molecule has 1 saturated carbocycles. The number of hydrogen-bond donors (Lipinski definition) is 1. The molecule has 3 heterocycles. The Morgan fingerprint density at radius 3 is 2.23 bits per heavy atom. The van der Waals surface area contributed by atoms with E-state index in [-0.39, 0.29) is 5.92 Å². The van der Waals surface area contributed by atoms with Gasteiger partial charge < -0.3 is 10.0 Å². The molecule has 0 amide bonds. The number of aliphatic carboxylic acids is 1. The van der Waals surface area contributed by atoms with Gasteiger partial charge in [0, 0.05) is 19.6 Å². The Bertz CT molecular complexity index is 223. The molecule has 1 aliphatic carbocycles. The second-order valence-corrected chi connectivity index (χ2v) is 4.94. The Kier molecular flexibility index (Phi) is 1.48. The van der Waals surface area contributed by atoms with Crippen LogP contribution in [0.15, 0.2) is 0 Å². The zero-order valence-electron chi connectivity index (χ0n) is 7.65. The van der Waals surface area contributed by atoms with Crippen LogP contribution in [0.2, 0.25) is 0 Å². The van der Waals surface area contributed by atoms with Crippen molar-refractivity contribution >= 4 is 5.97 Å². The lowest BCUT2D eigenvalue weighted by molar-refractivity contribution is -0.157. The predicted octanol–water partition coefficient (Wildman–Crippen LogP) is 0.659. The van der Waals surface area contributed by atoms with Crippen molar-refractivity contribution in [3.63, 3.8) is 0 Å². The second-order valence-electron chi connectivity index (χ2n) is 4.94. The van der Waals surface area contributed by atoms with E-state index in [2.05, 4.69) is 4.90 Å². The maximum absolute atomic E-state index is 11.1. The van der Waals surface area contributed by atoms with Gasteiger partial charge >= 0.3 is 5.97 Å². The van der Waals surface area contributed by atoms with Gasteiger partial charge in [0.15, 0.2) is 0 Å². The molecular formula is C10H15NO2. The third-order valence-corrected chi connectivity index (χ3v) is 4.07. The van der Waals surface area contributed by atoms with Gasteiger partial charge in [0.2, 0.25) is 0 Å². The standard InChI is InChI=1S/C10H15NO2/c12-10(13)9-7-1-6-2-8(9)5-11(3-6)4-7/h6-9H,1-5H2,(H,12,13). The molecule has 72 valence electrons. The Morgan fingerprint density at radius 2 is 1.77 bits per heavy atom. The normalized spacial score (nSPS) is 52.5. The lowest BCUT2D eigenvalue weighted by Crippen LogP contribution is -2.59.